The highest BCUT2D eigenvalue weighted by Gasteiger charge is 2.27. The van der Waals surface area contributed by atoms with E-state index in [1.54, 1.807) is 12.1 Å². The lowest BCUT2D eigenvalue weighted by atomic mass is 10.1. The smallest absolute Gasteiger partial charge is 0.248 e. The molecule has 3 aromatic rings. The number of hydrogen-bond acceptors (Lipinski definition) is 4. The van der Waals surface area contributed by atoms with Crippen LogP contribution in [0.1, 0.15) is 12.8 Å². The first-order valence-corrected chi connectivity index (χ1v) is 8.01. The second-order valence-electron chi connectivity index (χ2n) is 5.45. The van der Waals surface area contributed by atoms with Crippen molar-refractivity contribution in [2.45, 2.75) is 18.9 Å². The predicted octanol–water partition coefficient (Wildman–Crippen LogP) is 2.81. The van der Waals surface area contributed by atoms with Gasteiger partial charge < -0.3 is 10.6 Å². The van der Waals surface area contributed by atoms with E-state index in [1.165, 1.54) is 23.5 Å². The van der Waals surface area contributed by atoms with E-state index in [0.717, 1.165) is 21.0 Å². The van der Waals surface area contributed by atoms with Crippen LogP contribution in [-0.4, -0.2) is 22.8 Å². The molecule has 116 valence electrons. The summed E-state index contributed by atoms with van der Waals surface area (Å²) in [6.07, 6.45) is 0.867. The number of carbonyl (C=O) groups is 2. The van der Waals surface area contributed by atoms with Crippen molar-refractivity contribution in [2.24, 2.45) is 0 Å². The fraction of sp³-hybridized carbons (Fsp3) is 0.188. The fourth-order valence-corrected chi connectivity index (χ4v) is 3.74. The van der Waals surface area contributed by atoms with Crippen LogP contribution < -0.4 is 10.6 Å². The Hall–Kier alpha value is -2.54. The van der Waals surface area contributed by atoms with E-state index >= 15 is 0 Å². The quantitative estimate of drug-likeness (QED) is 0.759. The second-order valence-corrected chi connectivity index (χ2v) is 6.45. The molecule has 1 aliphatic heterocycles. The lowest BCUT2D eigenvalue weighted by Gasteiger charge is -2.08. The van der Waals surface area contributed by atoms with Gasteiger partial charge in [-0.15, -0.1) is 0 Å². The van der Waals surface area contributed by atoms with Crippen molar-refractivity contribution in [3.8, 4) is 0 Å². The summed E-state index contributed by atoms with van der Waals surface area (Å²) < 4.78 is 14.2. The largest absolute Gasteiger partial charge is 0.344 e. The Morgan fingerprint density at radius 3 is 3.00 bits per heavy atom. The molecule has 1 fully saturated rings. The summed E-state index contributed by atoms with van der Waals surface area (Å²) in [5.74, 6) is -0.653. The van der Waals surface area contributed by atoms with Crippen LogP contribution in [0.2, 0.25) is 0 Å². The Labute approximate surface area is 134 Å². The van der Waals surface area contributed by atoms with Gasteiger partial charge in [0.25, 0.3) is 0 Å². The third kappa shape index (κ3) is 2.53. The minimum Gasteiger partial charge on any atom is -0.344 e. The van der Waals surface area contributed by atoms with Crippen LogP contribution in [0.25, 0.3) is 21.0 Å². The van der Waals surface area contributed by atoms with Gasteiger partial charge in [-0.3, -0.25) is 9.59 Å². The van der Waals surface area contributed by atoms with Crippen molar-refractivity contribution in [1.82, 2.24) is 10.3 Å². The summed E-state index contributed by atoms with van der Waals surface area (Å²) in [7, 11) is 0. The van der Waals surface area contributed by atoms with Gasteiger partial charge in [-0.25, -0.2) is 9.37 Å². The van der Waals surface area contributed by atoms with Crippen molar-refractivity contribution >= 4 is 49.3 Å². The highest BCUT2D eigenvalue weighted by molar-refractivity contribution is 7.23. The van der Waals surface area contributed by atoms with E-state index in [9.17, 15) is 14.0 Å². The van der Waals surface area contributed by atoms with Gasteiger partial charge in [-0.2, -0.15) is 0 Å². The molecule has 0 spiro atoms. The third-order valence-corrected chi connectivity index (χ3v) is 4.89. The zero-order chi connectivity index (χ0) is 16.0. The van der Waals surface area contributed by atoms with E-state index in [2.05, 4.69) is 15.6 Å². The average Bonchev–Trinajstić information content (AvgIpc) is 3.12. The highest BCUT2D eigenvalue weighted by Crippen LogP contribution is 2.33. The molecule has 1 atom stereocenters. The summed E-state index contributed by atoms with van der Waals surface area (Å²) in [6.45, 7) is 0. The molecule has 23 heavy (non-hydrogen) atoms. The van der Waals surface area contributed by atoms with Gasteiger partial charge in [-0.1, -0.05) is 17.4 Å². The molecule has 0 unspecified atom stereocenters. The third-order valence-electron chi connectivity index (χ3n) is 3.87. The molecular weight excluding hydrogens is 317 g/mol. The molecule has 2 amide bonds. The van der Waals surface area contributed by atoms with Crippen molar-refractivity contribution < 1.29 is 14.0 Å². The summed E-state index contributed by atoms with van der Waals surface area (Å²) >= 11 is 1.34. The maximum Gasteiger partial charge on any atom is 0.248 e. The van der Waals surface area contributed by atoms with Crippen LogP contribution in [0, 0.1) is 5.82 Å². The SMILES string of the molecule is O=C1CC[C@@H](C(=O)Nc2nc3ccc4cc(F)ccc4c3s2)N1. The van der Waals surface area contributed by atoms with E-state index < -0.39 is 6.04 Å². The minimum atomic E-state index is -0.500. The van der Waals surface area contributed by atoms with Gasteiger partial charge >= 0.3 is 0 Å². The van der Waals surface area contributed by atoms with Gasteiger partial charge in [0.2, 0.25) is 11.8 Å². The molecular formula is C16H12FN3O2S. The standard InChI is InChI=1S/C16H12FN3O2S/c17-9-2-3-10-8(7-9)1-4-11-14(10)23-16(19-11)20-15(22)12-5-6-13(21)18-12/h1-4,7,12H,5-6H2,(H,18,21)(H,19,20,22)/t12-/m0/s1. The molecule has 0 bridgehead atoms. The lowest BCUT2D eigenvalue weighted by Crippen LogP contribution is -2.37. The number of thiazole rings is 1. The molecule has 2 heterocycles. The van der Waals surface area contributed by atoms with Gasteiger partial charge in [0.05, 0.1) is 10.2 Å². The van der Waals surface area contributed by atoms with Gasteiger partial charge in [0.15, 0.2) is 5.13 Å². The van der Waals surface area contributed by atoms with Crippen LogP contribution in [0.15, 0.2) is 30.3 Å². The first-order valence-electron chi connectivity index (χ1n) is 7.19. The summed E-state index contributed by atoms with van der Waals surface area (Å²) in [4.78, 5) is 27.7. The number of nitrogens with one attached hydrogen (secondary N) is 2. The monoisotopic (exact) mass is 329 g/mol. The van der Waals surface area contributed by atoms with E-state index in [0.29, 0.717) is 18.0 Å². The average molecular weight is 329 g/mol. The van der Waals surface area contributed by atoms with Gasteiger partial charge in [0, 0.05) is 11.8 Å². The maximum atomic E-state index is 13.3. The fourth-order valence-electron chi connectivity index (χ4n) is 2.74. The number of benzene rings is 2. The number of aromatic nitrogens is 1. The first kappa shape index (κ1) is 14.1. The van der Waals surface area contributed by atoms with Crippen molar-refractivity contribution in [3.05, 3.63) is 36.1 Å². The van der Waals surface area contributed by atoms with Crippen LogP contribution in [0.5, 0.6) is 0 Å². The topological polar surface area (TPSA) is 71.1 Å². The van der Waals surface area contributed by atoms with Crippen molar-refractivity contribution in [2.75, 3.05) is 5.32 Å². The molecule has 2 aromatic carbocycles. The summed E-state index contributed by atoms with van der Waals surface area (Å²) in [5, 5.41) is 7.55. The zero-order valence-electron chi connectivity index (χ0n) is 11.9. The summed E-state index contributed by atoms with van der Waals surface area (Å²) in [6, 6.07) is 7.72. The van der Waals surface area contributed by atoms with E-state index in [1.807, 2.05) is 6.07 Å². The number of anilines is 1. The minimum absolute atomic E-state index is 0.109. The summed E-state index contributed by atoms with van der Waals surface area (Å²) in [5.41, 5.74) is 0.750. The van der Waals surface area contributed by atoms with Crippen LogP contribution in [0.4, 0.5) is 9.52 Å². The maximum absolute atomic E-state index is 13.3. The zero-order valence-corrected chi connectivity index (χ0v) is 12.7. The Kier molecular flexibility index (Phi) is 3.23. The normalized spacial score (nSPS) is 17.6. The van der Waals surface area contributed by atoms with Crippen LogP contribution >= 0.6 is 11.3 Å². The number of amides is 2. The molecule has 0 aliphatic carbocycles. The number of rotatable bonds is 2. The molecule has 0 radical (unpaired) electrons. The molecule has 4 rings (SSSR count). The molecule has 7 heteroatoms. The van der Waals surface area contributed by atoms with Crippen LogP contribution in [0.3, 0.4) is 0 Å². The molecule has 1 saturated heterocycles. The van der Waals surface area contributed by atoms with Crippen molar-refractivity contribution in [1.29, 1.82) is 0 Å². The second kappa shape index (κ2) is 5.27. The molecule has 2 N–H and O–H groups in total. The Morgan fingerprint density at radius 2 is 2.22 bits per heavy atom. The van der Waals surface area contributed by atoms with Gasteiger partial charge in [-0.05, 0) is 36.1 Å². The Morgan fingerprint density at radius 1 is 1.35 bits per heavy atom. The number of hydrogen-bond donors (Lipinski definition) is 2. The molecule has 5 nitrogen and oxygen atoms in total. The number of fused-ring (bicyclic) bond motifs is 3. The number of carbonyl (C=O) groups excluding carboxylic acids is 2. The van der Waals surface area contributed by atoms with E-state index in [4.69, 9.17) is 0 Å². The Balaban J connectivity index is 1.67. The Bertz CT molecular complexity index is 953. The van der Waals surface area contributed by atoms with E-state index in [-0.39, 0.29) is 17.6 Å². The van der Waals surface area contributed by atoms with Gasteiger partial charge in [0.1, 0.15) is 11.9 Å². The number of halogens is 1. The molecule has 1 aliphatic rings. The van der Waals surface area contributed by atoms with Crippen LogP contribution in [-0.2, 0) is 9.59 Å². The number of nitrogens with zero attached hydrogens (tertiary/aromatic N) is 1. The molecule has 0 saturated carbocycles. The molecule has 1 aromatic heterocycles. The predicted molar refractivity (Wildman–Crippen MR) is 86.9 cm³/mol. The first-order chi connectivity index (χ1) is 11.1. The van der Waals surface area contributed by atoms with Crippen molar-refractivity contribution in [3.63, 3.8) is 0 Å². The highest BCUT2D eigenvalue weighted by atomic mass is 32.1. The lowest BCUT2D eigenvalue weighted by molar-refractivity contribution is -0.122.